The molecule has 25 heavy (non-hydrogen) atoms. The van der Waals surface area contributed by atoms with E-state index in [0.717, 1.165) is 4.90 Å². The fourth-order valence-corrected chi connectivity index (χ4v) is 2.25. The molecule has 0 unspecified atom stereocenters. The molecule has 1 fully saturated rings. The van der Waals surface area contributed by atoms with Crippen LogP contribution in [-0.2, 0) is 20.9 Å². The number of hydrogen-bond donors (Lipinski definition) is 1. The summed E-state index contributed by atoms with van der Waals surface area (Å²) in [5, 5.41) is 10.1. The second kappa shape index (κ2) is 6.38. The number of urea groups is 1. The van der Waals surface area contributed by atoms with Gasteiger partial charge in [0.05, 0.1) is 12.7 Å². The Morgan fingerprint density at radius 1 is 1.36 bits per heavy atom. The number of aromatic nitrogens is 2. The molecule has 1 saturated heterocycles. The van der Waals surface area contributed by atoms with Crippen LogP contribution in [0.5, 0.6) is 0 Å². The minimum Gasteiger partial charge on any atom is -0.459 e. The van der Waals surface area contributed by atoms with E-state index < -0.39 is 17.5 Å². The molecule has 10 heteroatoms. The van der Waals surface area contributed by atoms with E-state index in [1.807, 2.05) is 0 Å². The van der Waals surface area contributed by atoms with E-state index in [2.05, 4.69) is 15.5 Å². The van der Waals surface area contributed by atoms with E-state index in [0.29, 0.717) is 5.76 Å². The second-order valence-electron chi connectivity index (χ2n) is 5.90. The quantitative estimate of drug-likeness (QED) is 0.607. The topological polar surface area (TPSA) is 128 Å². The smallest absolute Gasteiger partial charge is 0.325 e. The van der Waals surface area contributed by atoms with Gasteiger partial charge in [-0.05, 0) is 26.0 Å². The van der Waals surface area contributed by atoms with Gasteiger partial charge in [0, 0.05) is 6.54 Å². The van der Waals surface area contributed by atoms with Crippen LogP contribution in [0.25, 0.3) is 11.7 Å². The lowest BCUT2D eigenvalue weighted by Crippen LogP contribution is -2.40. The van der Waals surface area contributed by atoms with Crippen molar-refractivity contribution in [1.82, 2.24) is 20.4 Å². The first-order chi connectivity index (χ1) is 11.9. The molecular weight excluding hydrogens is 332 g/mol. The van der Waals surface area contributed by atoms with Gasteiger partial charge in [-0.2, -0.15) is 0 Å². The molecule has 0 saturated carbocycles. The van der Waals surface area contributed by atoms with Crippen LogP contribution >= 0.6 is 0 Å². The number of imide groups is 1. The third kappa shape index (κ3) is 3.52. The molecule has 0 bridgehead atoms. The van der Waals surface area contributed by atoms with Gasteiger partial charge in [0.25, 0.3) is 17.7 Å². The third-order valence-electron chi connectivity index (χ3n) is 3.54. The van der Waals surface area contributed by atoms with Crippen molar-refractivity contribution < 1.29 is 28.0 Å². The fraction of sp³-hybridized carbons (Fsp3) is 0.400. The predicted molar refractivity (Wildman–Crippen MR) is 80.7 cm³/mol. The summed E-state index contributed by atoms with van der Waals surface area (Å²) < 4.78 is 15.4. The number of hydrogen-bond acceptors (Lipinski definition) is 8. The Labute approximate surface area is 142 Å². The van der Waals surface area contributed by atoms with Gasteiger partial charge < -0.3 is 18.9 Å². The zero-order valence-electron chi connectivity index (χ0n) is 13.6. The number of carbonyl (C=O) groups excluding carboxylic acids is 3. The average molecular weight is 348 g/mol. The molecule has 0 aliphatic carbocycles. The van der Waals surface area contributed by atoms with Gasteiger partial charge >= 0.3 is 12.0 Å². The highest BCUT2D eigenvalue weighted by atomic mass is 16.5. The van der Waals surface area contributed by atoms with E-state index in [4.69, 9.17) is 13.6 Å². The van der Waals surface area contributed by atoms with Crippen LogP contribution in [0.1, 0.15) is 26.2 Å². The molecule has 3 amide bonds. The molecule has 1 N–H and O–H groups in total. The first-order valence-corrected chi connectivity index (χ1v) is 7.53. The normalized spacial score (nSPS) is 16.2. The summed E-state index contributed by atoms with van der Waals surface area (Å²) in [6.45, 7) is 2.92. The van der Waals surface area contributed by atoms with Crippen molar-refractivity contribution in [2.24, 2.45) is 0 Å². The maximum Gasteiger partial charge on any atom is 0.325 e. The largest absolute Gasteiger partial charge is 0.459 e. The zero-order valence-corrected chi connectivity index (χ0v) is 13.6. The van der Waals surface area contributed by atoms with Crippen molar-refractivity contribution in [3.63, 3.8) is 0 Å². The number of ether oxygens (including phenoxy) is 1. The van der Waals surface area contributed by atoms with Crippen molar-refractivity contribution in [2.75, 3.05) is 6.54 Å². The number of nitrogens with one attached hydrogen (secondary N) is 1. The van der Waals surface area contributed by atoms with Gasteiger partial charge in [0.1, 0.15) is 5.54 Å². The predicted octanol–water partition coefficient (Wildman–Crippen LogP) is 1.09. The lowest BCUT2D eigenvalue weighted by molar-refractivity contribution is -0.146. The van der Waals surface area contributed by atoms with Gasteiger partial charge in [0.2, 0.25) is 0 Å². The Bertz CT molecular complexity index is 795. The van der Waals surface area contributed by atoms with E-state index in [-0.39, 0.29) is 37.3 Å². The monoisotopic (exact) mass is 348 g/mol. The molecular formula is C15H16N4O6. The van der Waals surface area contributed by atoms with E-state index in [1.54, 1.807) is 26.0 Å². The summed E-state index contributed by atoms with van der Waals surface area (Å²) in [5.41, 5.74) is -0.965. The van der Waals surface area contributed by atoms with Gasteiger partial charge in [-0.1, -0.05) is 0 Å². The molecule has 2 aromatic heterocycles. The molecule has 10 nitrogen and oxygen atoms in total. The summed E-state index contributed by atoms with van der Waals surface area (Å²) >= 11 is 0. The highest BCUT2D eigenvalue weighted by Gasteiger charge is 2.44. The van der Waals surface area contributed by atoms with Crippen molar-refractivity contribution in [3.05, 3.63) is 24.3 Å². The summed E-state index contributed by atoms with van der Waals surface area (Å²) in [6.07, 6.45) is 1.34. The average Bonchev–Trinajstić information content (AvgIpc) is 3.26. The molecule has 132 valence electrons. The zero-order chi connectivity index (χ0) is 18.0. The number of amides is 3. The van der Waals surface area contributed by atoms with Gasteiger partial charge in [-0.15, -0.1) is 10.2 Å². The van der Waals surface area contributed by atoms with E-state index >= 15 is 0 Å². The van der Waals surface area contributed by atoms with Gasteiger partial charge in [-0.3, -0.25) is 14.5 Å². The molecule has 1 aliphatic heterocycles. The molecule has 0 atom stereocenters. The van der Waals surface area contributed by atoms with Crippen molar-refractivity contribution in [2.45, 2.75) is 32.4 Å². The van der Waals surface area contributed by atoms with Crippen LogP contribution in [0.15, 0.2) is 27.2 Å². The molecule has 3 heterocycles. The number of furan rings is 1. The summed E-state index contributed by atoms with van der Waals surface area (Å²) in [7, 11) is 0. The summed E-state index contributed by atoms with van der Waals surface area (Å²) in [5.74, 6) is -0.284. The molecule has 0 aromatic carbocycles. The Kier molecular flexibility index (Phi) is 4.26. The van der Waals surface area contributed by atoms with Crippen molar-refractivity contribution in [1.29, 1.82) is 0 Å². The van der Waals surface area contributed by atoms with Crippen LogP contribution in [0.3, 0.4) is 0 Å². The number of rotatable bonds is 6. The number of nitrogens with zero attached hydrogens (tertiary/aromatic N) is 3. The fourth-order valence-electron chi connectivity index (χ4n) is 2.25. The highest BCUT2D eigenvalue weighted by molar-refractivity contribution is 6.06. The second-order valence-corrected chi connectivity index (χ2v) is 5.90. The van der Waals surface area contributed by atoms with Crippen molar-refractivity contribution in [3.8, 4) is 11.7 Å². The lowest BCUT2D eigenvalue weighted by atomic mass is 10.1. The molecule has 3 rings (SSSR count). The molecule has 1 aliphatic rings. The Morgan fingerprint density at radius 3 is 2.80 bits per heavy atom. The van der Waals surface area contributed by atoms with Gasteiger partial charge in [0.15, 0.2) is 12.4 Å². The lowest BCUT2D eigenvalue weighted by Gasteiger charge is -2.15. The van der Waals surface area contributed by atoms with E-state index in [9.17, 15) is 14.4 Å². The standard InChI is InChI=1S/C15H16N4O6/c1-15(2)13(21)19(14(22)16-15)6-5-11(20)24-8-10-17-18-12(25-10)9-4-3-7-23-9/h3-4,7H,5-6,8H2,1-2H3,(H,16,22). The minimum absolute atomic E-state index is 0.0611. The SMILES string of the molecule is CC1(C)NC(=O)N(CCC(=O)OCc2nnc(-c3ccco3)o2)C1=O. The van der Waals surface area contributed by atoms with Crippen LogP contribution in [0.4, 0.5) is 4.79 Å². The first-order valence-electron chi connectivity index (χ1n) is 7.53. The van der Waals surface area contributed by atoms with Crippen LogP contribution in [-0.4, -0.2) is 45.1 Å². The number of esters is 1. The maximum absolute atomic E-state index is 12.0. The third-order valence-corrected chi connectivity index (χ3v) is 3.54. The van der Waals surface area contributed by atoms with Gasteiger partial charge in [-0.25, -0.2) is 4.79 Å². The molecule has 0 radical (unpaired) electrons. The minimum atomic E-state index is -0.965. The van der Waals surface area contributed by atoms with E-state index in [1.165, 1.54) is 6.26 Å². The Balaban J connectivity index is 1.47. The maximum atomic E-state index is 12.0. The van der Waals surface area contributed by atoms with Crippen LogP contribution < -0.4 is 5.32 Å². The summed E-state index contributed by atoms with van der Waals surface area (Å²) in [4.78, 5) is 36.5. The number of carbonyl (C=O) groups is 3. The van der Waals surface area contributed by atoms with Crippen LogP contribution in [0.2, 0.25) is 0 Å². The first kappa shape index (κ1) is 16.7. The Hall–Kier alpha value is -3.17. The van der Waals surface area contributed by atoms with Crippen molar-refractivity contribution >= 4 is 17.9 Å². The highest BCUT2D eigenvalue weighted by Crippen LogP contribution is 2.19. The molecule has 0 spiro atoms. The molecule has 2 aromatic rings. The summed E-state index contributed by atoms with van der Waals surface area (Å²) in [6, 6.07) is 2.81. The Morgan fingerprint density at radius 2 is 2.16 bits per heavy atom. The van der Waals surface area contributed by atoms with Crippen LogP contribution in [0, 0.1) is 0 Å².